The summed E-state index contributed by atoms with van der Waals surface area (Å²) in [7, 11) is 0. The summed E-state index contributed by atoms with van der Waals surface area (Å²) in [4.78, 5) is 39.6. The molecule has 0 unspecified atom stereocenters. The van der Waals surface area contributed by atoms with Crippen LogP contribution in [0.2, 0.25) is 0 Å². The number of aryl methyl sites for hydroxylation is 1. The quantitative estimate of drug-likeness (QED) is 0.833. The number of aliphatic carboxylic acids is 1. The SMILES string of the molecule is CC(=O)c1sc(NC(=O)[C@H]2CCCC[C@H]2C(=O)O)nc1C. The molecule has 1 aromatic heterocycles. The second-order valence-corrected chi connectivity index (χ2v) is 6.31. The average Bonchev–Trinajstić information content (AvgIpc) is 2.79. The molecule has 0 aliphatic heterocycles. The lowest BCUT2D eigenvalue weighted by molar-refractivity contribution is -0.147. The fourth-order valence-corrected chi connectivity index (χ4v) is 3.58. The fourth-order valence-electron chi connectivity index (χ4n) is 2.71. The van der Waals surface area contributed by atoms with Gasteiger partial charge in [-0.3, -0.25) is 14.4 Å². The van der Waals surface area contributed by atoms with Gasteiger partial charge in [0.05, 0.1) is 22.4 Å². The number of nitrogens with one attached hydrogen (secondary N) is 1. The lowest BCUT2D eigenvalue weighted by Gasteiger charge is -2.26. The maximum Gasteiger partial charge on any atom is 0.307 e. The van der Waals surface area contributed by atoms with Crippen molar-refractivity contribution in [2.45, 2.75) is 39.5 Å². The summed E-state index contributed by atoms with van der Waals surface area (Å²) >= 11 is 1.13. The first-order chi connectivity index (χ1) is 9.90. The Balaban J connectivity index is 2.11. The fraction of sp³-hybridized carbons (Fsp3) is 0.571. The zero-order valence-electron chi connectivity index (χ0n) is 12.0. The van der Waals surface area contributed by atoms with Crippen LogP contribution in [0.25, 0.3) is 0 Å². The monoisotopic (exact) mass is 310 g/mol. The standard InChI is InChI=1S/C14H18N2O4S/c1-7-11(8(2)17)21-14(15-7)16-12(18)9-5-3-4-6-10(9)13(19)20/h9-10H,3-6H2,1-2H3,(H,19,20)(H,15,16,18)/t9-,10+/m0/s1. The topological polar surface area (TPSA) is 96.4 Å². The molecule has 1 fully saturated rings. The van der Waals surface area contributed by atoms with Crippen LogP contribution in [0.1, 0.15) is 48.0 Å². The predicted molar refractivity (Wildman–Crippen MR) is 78.6 cm³/mol. The van der Waals surface area contributed by atoms with Crippen molar-refractivity contribution in [2.75, 3.05) is 5.32 Å². The van der Waals surface area contributed by atoms with Crippen LogP contribution in [0.3, 0.4) is 0 Å². The van der Waals surface area contributed by atoms with E-state index in [0.29, 0.717) is 28.5 Å². The molecule has 0 spiro atoms. The molecule has 1 aromatic rings. The molecule has 1 aliphatic rings. The van der Waals surface area contributed by atoms with Crippen molar-refractivity contribution in [3.63, 3.8) is 0 Å². The smallest absolute Gasteiger partial charge is 0.307 e. The molecule has 1 aliphatic carbocycles. The highest BCUT2D eigenvalue weighted by Gasteiger charge is 2.36. The molecule has 0 saturated heterocycles. The average molecular weight is 310 g/mol. The summed E-state index contributed by atoms with van der Waals surface area (Å²) in [6.45, 7) is 3.16. The molecule has 0 aromatic carbocycles. The molecule has 114 valence electrons. The summed E-state index contributed by atoms with van der Waals surface area (Å²) in [6.07, 6.45) is 2.80. The lowest BCUT2D eigenvalue weighted by atomic mass is 9.79. The number of amides is 1. The predicted octanol–water partition coefficient (Wildman–Crippen LogP) is 2.48. The second-order valence-electron chi connectivity index (χ2n) is 5.31. The molecule has 1 heterocycles. The number of thiazole rings is 1. The van der Waals surface area contributed by atoms with Gasteiger partial charge < -0.3 is 10.4 Å². The van der Waals surface area contributed by atoms with Gasteiger partial charge in [-0.05, 0) is 19.8 Å². The molecule has 2 atom stereocenters. The third-order valence-electron chi connectivity index (χ3n) is 3.77. The largest absolute Gasteiger partial charge is 0.481 e. The summed E-state index contributed by atoms with van der Waals surface area (Å²) < 4.78 is 0. The van der Waals surface area contributed by atoms with Crippen LogP contribution < -0.4 is 5.32 Å². The van der Waals surface area contributed by atoms with E-state index in [4.69, 9.17) is 0 Å². The highest BCUT2D eigenvalue weighted by atomic mass is 32.1. The van der Waals surface area contributed by atoms with Crippen molar-refractivity contribution in [1.82, 2.24) is 4.98 Å². The van der Waals surface area contributed by atoms with Gasteiger partial charge in [0.2, 0.25) is 5.91 Å². The zero-order chi connectivity index (χ0) is 15.6. The van der Waals surface area contributed by atoms with Crippen molar-refractivity contribution in [3.05, 3.63) is 10.6 Å². The molecule has 0 radical (unpaired) electrons. The molecule has 7 heteroatoms. The van der Waals surface area contributed by atoms with Crippen molar-refractivity contribution in [1.29, 1.82) is 0 Å². The van der Waals surface area contributed by atoms with Crippen molar-refractivity contribution < 1.29 is 19.5 Å². The molecule has 2 N–H and O–H groups in total. The number of nitrogens with zero attached hydrogens (tertiary/aromatic N) is 1. The number of hydrogen-bond acceptors (Lipinski definition) is 5. The van der Waals surface area contributed by atoms with Gasteiger partial charge in [0.1, 0.15) is 0 Å². The molecular formula is C14H18N2O4S. The van der Waals surface area contributed by atoms with Gasteiger partial charge in [0.15, 0.2) is 10.9 Å². The maximum atomic E-state index is 12.3. The Morgan fingerprint density at radius 2 is 1.86 bits per heavy atom. The van der Waals surface area contributed by atoms with E-state index in [1.54, 1.807) is 6.92 Å². The van der Waals surface area contributed by atoms with Gasteiger partial charge in [0.25, 0.3) is 0 Å². The van der Waals surface area contributed by atoms with Gasteiger partial charge in [0, 0.05) is 6.92 Å². The van der Waals surface area contributed by atoms with Crippen LogP contribution in [0, 0.1) is 18.8 Å². The minimum Gasteiger partial charge on any atom is -0.481 e. The summed E-state index contributed by atoms with van der Waals surface area (Å²) in [5.41, 5.74) is 0.584. The minimum absolute atomic E-state index is 0.0911. The second kappa shape index (κ2) is 6.34. The number of carbonyl (C=O) groups is 3. The van der Waals surface area contributed by atoms with E-state index in [1.165, 1.54) is 6.92 Å². The van der Waals surface area contributed by atoms with Crippen molar-refractivity contribution >= 4 is 34.1 Å². The normalized spacial score (nSPS) is 21.8. The molecule has 1 amide bonds. The summed E-state index contributed by atoms with van der Waals surface area (Å²) in [5.74, 6) is -2.49. The molecule has 6 nitrogen and oxygen atoms in total. The van der Waals surface area contributed by atoms with E-state index >= 15 is 0 Å². The highest BCUT2D eigenvalue weighted by molar-refractivity contribution is 7.17. The van der Waals surface area contributed by atoms with Crippen LogP contribution in [0.5, 0.6) is 0 Å². The van der Waals surface area contributed by atoms with Crippen LogP contribution in [0.15, 0.2) is 0 Å². The lowest BCUT2D eigenvalue weighted by Crippen LogP contribution is -2.36. The molecular weight excluding hydrogens is 292 g/mol. The number of carbonyl (C=O) groups excluding carboxylic acids is 2. The van der Waals surface area contributed by atoms with Crippen molar-refractivity contribution in [2.24, 2.45) is 11.8 Å². The minimum atomic E-state index is -0.922. The van der Waals surface area contributed by atoms with Gasteiger partial charge >= 0.3 is 5.97 Å². The summed E-state index contributed by atoms with van der Waals surface area (Å²) in [6, 6.07) is 0. The molecule has 1 saturated carbocycles. The molecule has 0 bridgehead atoms. The third kappa shape index (κ3) is 3.47. The Bertz CT molecular complexity index is 582. The number of ketones is 1. The van der Waals surface area contributed by atoms with E-state index in [1.807, 2.05) is 0 Å². The van der Waals surface area contributed by atoms with E-state index < -0.39 is 17.8 Å². The number of hydrogen-bond donors (Lipinski definition) is 2. The van der Waals surface area contributed by atoms with Crippen LogP contribution in [0.4, 0.5) is 5.13 Å². The Labute approximate surface area is 126 Å². The number of carboxylic acid groups (broad SMARTS) is 1. The Kier molecular flexibility index (Phi) is 4.72. The van der Waals surface area contributed by atoms with E-state index in [2.05, 4.69) is 10.3 Å². The number of rotatable bonds is 4. The number of anilines is 1. The van der Waals surface area contributed by atoms with Gasteiger partial charge in [-0.1, -0.05) is 24.2 Å². The first-order valence-corrected chi connectivity index (χ1v) is 7.74. The maximum absolute atomic E-state index is 12.3. The van der Waals surface area contributed by atoms with Crippen LogP contribution in [-0.2, 0) is 9.59 Å². The zero-order valence-corrected chi connectivity index (χ0v) is 12.8. The van der Waals surface area contributed by atoms with E-state index in [-0.39, 0.29) is 11.7 Å². The van der Waals surface area contributed by atoms with Gasteiger partial charge in [-0.25, -0.2) is 4.98 Å². The van der Waals surface area contributed by atoms with E-state index in [9.17, 15) is 19.5 Å². The number of aromatic nitrogens is 1. The Hall–Kier alpha value is -1.76. The third-order valence-corrected chi connectivity index (χ3v) is 4.94. The molecule has 2 rings (SSSR count). The first kappa shape index (κ1) is 15.6. The number of Topliss-reactive ketones (excluding diaryl/α,β-unsaturated/α-hetero) is 1. The van der Waals surface area contributed by atoms with E-state index in [0.717, 1.165) is 24.2 Å². The van der Waals surface area contributed by atoms with Gasteiger partial charge in [-0.15, -0.1) is 0 Å². The van der Waals surface area contributed by atoms with Crippen LogP contribution >= 0.6 is 11.3 Å². The van der Waals surface area contributed by atoms with Crippen LogP contribution in [-0.4, -0.2) is 27.8 Å². The summed E-state index contributed by atoms with van der Waals surface area (Å²) in [5, 5.41) is 12.2. The Morgan fingerprint density at radius 1 is 1.24 bits per heavy atom. The Morgan fingerprint density at radius 3 is 2.38 bits per heavy atom. The first-order valence-electron chi connectivity index (χ1n) is 6.92. The molecule has 21 heavy (non-hydrogen) atoms. The van der Waals surface area contributed by atoms with Gasteiger partial charge in [-0.2, -0.15) is 0 Å². The highest BCUT2D eigenvalue weighted by Crippen LogP contribution is 2.32. The number of carboxylic acids is 1. The van der Waals surface area contributed by atoms with Crippen molar-refractivity contribution in [3.8, 4) is 0 Å².